The molecule has 3 rings (SSSR count). The van der Waals surface area contributed by atoms with E-state index in [-0.39, 0.29) is 23.5 Å². The molecule has 0 spiro atoms. The SMILES string of the molecule is COc1ccc(-c2nc(C[S@@](=O)CC(=O)N[C@@H](C)CCc3ccccc3)c(C)o2)cc1OC. The summed E-state index contributed by atoms with van der Waals surface area (Å²) in [7, 11) is 1.73. The summed E-state index contributed by atoms with van der Waals surface area (Å²) in [5, 5.41) is 2.93. The quantitative estimate of drug-likeness (QED) is 0.455. The van der Waals surface area contributed by atoms with Crippen molar-refractivity contribution in [2.75, 3.05) is 20.0 Å². The lowest BCUT2D eigenvalue weighted by Gasteiger charge is -2.13. The van der Waals surface area contributed by atoms with E-state index >= 15 is 0 Å². The molecule has 1 heterocycles. The summed E-state index contributed by atoms with van der Waals surface area (Å²) in [5.41, 5.74) is 2.52. The van der Waals surface area contributed by atoms with Gasteiger partial charge < -0.3 is 19.2 Å². The molecule has 0 unspecified atom stereocenters. The minimum absolute atomic E-state index is 0.000137. The van der Waals surface area contributed by atoms with Gasteiger partial charge >= 0.3 is 0 Å². The fourth-order valence-electron chi connectivity index (χ4n) is 3.42. The molecule has 0 saturated heterocycles. The van der Waals surface area contributed by atoms with E-state index in [0.29, 0.717) is 28.8 Å². The van der Waals surface area contributed by atoms with Crippen LogP contribution in [0.1, 0.15) is 30.4 Å². The summed E-state index contributed by atoms with van der Waals surface area (Å²) in [6.45, 7) is 3.73. The van der Waals surface area contributed by atoms with Gasteiger partial charge in [0, 0.05) is 22.4 Å². The fourth-order valence-corrected chi connectivity index (χ4v) is 4.47. The first-order valence-corrected chi connectivity index (χ1v) is 12.3. The highest BCUT2D eigenvalue weighted by atomic mass is 32.2. The second kappa shape index (κ2) is 11.7. The van der Waals surface area contributed by atoms with Gasteiger partial charge in [0.05, 0.1) is 25.7 Å². The third kappa shape index (κ3) is 6.92. The molecule has 1 amide bonds. The van der Waals surface area contributed by atoms with Crippen LogP contribution in [0.3, 0.4) is 0 Å². The van der Waals surface area contributed by atoms with Gasteiger partial charge in [-0.05, 0) is 50.5 Å². The lowest BCUT2D eigenvalue weighted by molar-refractivity contribution is -0.119. The number of amides is 1. The number of ether oxygens (including phenoxy) is 2. The maximum atomic E-state index is 12.6. The zero-order valence-electron chi connectivity index (χ0n) is 19.4. The minimum Gasteiger partial charge on any atom is -0.493 e. The molecule has 2 aromatic carbocycles. The predicted molar refractivity (Wildman–Crippen MR) is 129 cm³/mol. The summed E-state index contributed by atoms with van der Waals surface area (Å²) >= 11 is 0. The minimum atomic E-state index is -1.40. The third-order valence-corrected chi connectivity index (χ3v) is 6.41. The molecule has 0 aliphatic carbocycles. The Bertz CT molecular complexity index is 1100. The molecular formula is C25H30N2O5S. The summed E-state index contributed by atoms with van der Waals surface area (Å²) < 4.78 is 29.0. The number of methoxy groups -OCH3 is 2. The van der Waals surface area contributed by atoms with Crippen LogP contribution < -0.4 is 14.8 Å². The maximum Gasteiger partial charge on any atom is 0.232 e. The van der Waals surface area contributed by atoms with Gasteiger partial charge in [-0.1, -0.05) is 30.3 Å². The van der Waals surface area contributed by atoms with Crippen molar-refractivity contribution < 1.29 is 22.9 Å². The van der Waals surface area contributed by atoms with E-state index in [1.807, 2.05) is 31.2 Å². The van der Waals surface area contributed by atoms with E-state index in [1.54, 1.807) is 33.3 Å². The Hall–Kier alpha value is -3.13. The molecule has 33 heavy (non-hydrogen) atoms. The maximum absolute atomic E-state index is 12.6. The lowest BCUT2D eigenvalue weighted by Crippen LogP contribution is -2.36. The van der Waals surface area contributed by atoms with Crippen LogP contribution in [0.15, 0.2) is 52.9 Å². The highest BCUT2D eigenvalue weighted by Gasteiger charge is 2.18. The van der Waals surface area contributed by atoms with Crippen molar-refractivity contribution in [3.63, 3.8) is 0 Å². The number of hydrogen-bond donors (Lipinski definition) is 1. The smallest absolute Gasteiger partial charge is 0.232 e. The molecule has 3 aromatic rings. The number of aromatic nitrogens is 1. The number of hydrogen-bond acceptors (Lipinski definition) is 6. The molecule has 0 aliphatic rings. The molecule has 0 fully saturated rings. The number of benzene rings is 2. The van der Waals surface area contributed by atoms with Crippen LogP contribution in [-0.4, -0.2) is 41.1 Å². The molecule has 0 saturated carbocycles. The summed E-state index contributed by atoms with van der Waals surface area (Å²) in [6, 6.07) is 15.5. The van der Waals surface area contributed by atoms with Crippen LogP contribution in [0.4, 0.5) is 0 Å². The second-order valence-corrected chi connectivity index (χ2v) is 9.27. The number of nitrogens with zero attached hydrogens (tertiary/aromatic N) is 1. The van der Waals surface area contributed by atoms with Crippen LogP contribution in [0.25, 0.3) is 11.5 Å². The molecule has 0 bridgehead atoms. The highest BCUT2D eigenvalue weighted by Crippen LogP contribution is 2.32. The Morgan fingerprint density at radius 2 is 1.85 bits per heavy atom. The van der Waals surface area contributed by atoms with Crippen molar-refractivity contribution in [2.45, 2.75) is 38.5 Å². The summed E-state index contributed by atoms with van der Waals surface area (Å²) in [4.78, 5) is 16.8. The molecule has 0 aliphatic heterocycles. The first-order chi connectivity index (χ1) is 15.9. The van der Waals surface area contributed by atoms with Crippen molar-refractivity contribution >= 4 is 16.7 Å². The monoisotopic (exact) mass is 470 g/mol. The standard InChI is InChI=1S/C25H30N2O5S/c1-17(10-11-19-8-6-5-7-9-19)26-24(28)16-33(29)15-21-18(2)32-25(27-21)20-12-13-22(30-3)23(14-20)31-4/h5-9,12-14,17H,10-11,15-16H2,1-4H3,(H,26,28)/t17-,33+/m0/s1. The Kier molecular flexibility index (Phi) is 8.65. The van der Waals surface area contributed by atoms with Crippen molar-refractivity contribution in [3.8, 4) is 23.0 Å². The number of carbonyl (C=O) groups is 1. The van der Waals surface area contributed by atoms with Gasteiger partial charge in [0.2, 0.25) is 11.8 Å². The van der Waals surface area contributed by atoms with Gasteiger partial charge in [-0.15, -0.1) is 0 Å². The molecule has 1 aromatic heterocycles. The van der Waals surface area contributed by atoms with Crippen molar-refractivity contribution in [3.05, 3.63) is 65.5 Å². The number of carbonyl (C=O) groups excluding carboxylic acids is 1. The van der Waals surface area contributed by atoms with Gasteiger partial charge in [-0.2, -0.15) is 0 Å². The predicted octanol–water partition coefficient (Wildman–Crippen LogP) is 4.05. The van der Waals surface area contributed by atoms with E-state index < -0.39 is 10.8 Å². The molecule has 0 radical (unpaired) electrons. The fraction of sp³-hybridized carbons (Fsp3) is 0.360. The number of rotatable bonds is 11. The summed E-state index contributed by atoms with van der Waals surface area (Å²) in [6.07, 6.45) is 1.70. The highest BCUT2D eigenvalue weighted by molar-refractivity contribution is 7.84. The zero-order chi connectivity index (χ0) is 23.8. The topological polar surface area (TPSA) is 90.7 Å². The van der Waals surface area contributed by atoms with Crippen molar-refractivity contribution in [1.29, 1.82) is 0 Å². The number of aryl methyl sites for hydroxylation is 2. The molecule has 7 nitrogen and oxygen atoms in total. The van der Waals surface area contributed by atoms with Crippen LogP contribution in [0, 0.1) is 6.92 Å². The summed E-state index contributed by atoms with van der Waals surface area (Å²) in [5.74, 6) is 1.99. The van der Waals surface area contributed by atoms with Crippen LogP contribution in [0.2, 0.25) is 0 Å². The van der Waals surface area contributed by atoms with E-state index in [9.17, 15) is 9.00 Å². The molecular weight excluding hydrogens is 440 g/mol. The van der Waals surface area contributed by atoms with Gasteiger partial charge in [0.15, 0.2) is 11.5 Å². The first-order valence-electron chi connectivity index (χ1n) is 10.8. The zero-order valence-corrected chi connectivity index (χ0v) is 20.2. The van der Waals surface area contributed by atoms with Crippen molar-refractivity contribution in [1.82, 2.24) is 10.3 Å². The Labute approximate surface area is 197 Å². The number of nitrogens with one attached hydrogen (secondary N) is 1. The van der Waals surface area contributed by atoms with Crippen molar-refractivity contribution in [2.24, 2.45) is 0 Å². The normalized spacial score (nSPS) is 12.7. The van der Waals surface area contributed by atoms with Gasteiger partial charge in [0.1, 0.15) is 11.5 Å². The Balaban J connectivity index is 1.54. The number of oxazole rings is 1. The van der Waals surface area contributed by atoms with Gasteiger partial charge in [-0.3, -0.25) is 9.00 Å². The molecule has 2 atom stereocenters. The molecule has 8 heteroatoms. The van der Waals surface area contributed by atoms with Gasteiger partial charge in [-0.25, -0.2) is 4.98 Å². The van der Waals surface area contributed by atoms with E-state index in [2.05, 4.69) is 22.4 Å². The average molecular weight is 471 g/mol. The third-order valence-electron chi connectivity index (χ3n) is 5.23. The van der Waals surface area contributed by atoms with E-state index in [1.165, 1.54) is 5.56 Å². The average Bonchev–Trinajstić information content (AvgIpc) is 3.17. The van der Waals surface area contributed by atoms with Crippen LogP contribution in [0.5, 0.6) is 11.5 Å². The molecule has 176 valence electrons. The van der Waals surface area contributed by atoms with Crippen LogP contribution >= 0.6 is 0 Å². The van der Waals surface area contributed by atoms with E-state index in [0.717, 1.165) is 18.4 Å². The largest absolute Gasteiger partial charge is 0.493 e. The van der Waals surface area contributed by atoms with Crippen LogP contribution in [-0.2, 0) is 27.8 Å². The van der Waals surface area contributed by atoms with E-state index in [4.69, 9.17) is 13.9 Å². The van der Waals surface area contributed by atoms with Gasteiger partial charge in [0.25, 0.3) is 0 Å². The second-order valence-electron chi connectivity index (χ2n) is 7.81. The Morgan fingerprint density at radius 3 is 2.55 bits per heavy atom. The molecule has 1 N–H and O–H groups in total. The Morgan fingerprint density at radius 1 is 1.12 bits per heavy atom. The first kappa shape index (κ1) is 24.5. The lowest BCUT2D eigenvalue weighted by atomic mass is 10.1.